The van der Waals surface area contributed by atoms with Gasteiger partial charge in [0, 0.05) is 6.42 Å². The van der Waals surface area contributed by atoms with Crippen LogP contribution in [0.1, 0.15) is 39.8 Å². The lowest BCUT2D eigenvalue weighted by Crippen LogP contribution is -2.43. The third kappa shape index (κ3) is 2.40. The Morgan fingerprint density at radius 2 is 1.96 bits per heavy atom. The van der Waals surface area contributed by atoms with Gasteiger partial charge >= 0.3 is 0 Å². The molecule has 2 aliphatic rings. The molecule has 2 aromatic rings. The molecule has 4 heterocycles. The van der Waals surface area contributed by atoms with E-state index >= 15 is 0 Å². The molecule has 2 aliphatic heterocycles. The molecule has 0 aliphatic carbocycles. The second kappa shape index (κ2) is 5.87. The predicted octanol–water partition coefficient (Wildman–Crippen LogP) is 1.65. The first kappa shape index (κ1) is 18.6. The van der Waals surface area contributed by atoms with Gasteiger partial charge in [-0.2, -0.15) is 10.4 Å². The third-order valence-corrected chi connectivity index (χ3v) is 6.04. The number of hydrogen-bond donors (Lipinski definition) is 1. The van der Waals surface area contributed by atoms with Crippen LogP contribution in [0.2, 0.25) is 0 Å². The Morgan fingerprint density at radius 3 is 2.57 bits per heavy atom. The zero-order valence-electron chi connectivity index (χ0n) is 16.2. The summed E-state index contributed by atoms with van der Waals surface area (Å²) in [5.74, 6) is -2.00. The van der Waals surface area contributed by atoms with Gasteiger partial charge in [-0.15, -0.1) is 0 Å². The van der Waals surface area contributed by atoms with Crippen LogP contribution in [0.5, 0.6) is 0 Å². The second-order valence-electron chi connectivity index (χ2n) is 8.36. The molecule has 1 N–H and O–H groups in total. The number of carbonyl (C=O) groups excluding carboxylic acids is 2. The van der Waals surface area contributed by atoms with Crippen molar-refractivity contribution in [3.63, 3.8) is 0 Å². The number of ether oxygens (including phenoxy) is 1. The Hall–Kier alpha value is -2.76. The molecule has 0 radical (unpaired) electrons. The summed E-state index contributed by atoms with van der Waals surface area (Å²) in [5, 5.41) is 23.7. The Labute approximate surface area is 162 Å². The van der Waals surface area contributed by atoms with E-state index in [1.807, 2.05) is 6.07 Å². The number of aliphatic hydroxyl groups excluding tert-OH is 1. The maximum Gasteiger partial charge on any atom is 0.240 e. The van der Waals surface area contributed by atoms with Crippen LogP contribution in [0.25, 0.3) is 5.52 Å². The van der Waals surface area contributed by atoms with Crippen LogP contribution in [0, 0.1) is 23.2 Å². The van der Waals surface area contributed by atoms with Crippen LogP contribution in [0.3, 0.4) is 0 Å². The Balaban J connectivity index is 1.78. The predicted molar refractivity (Wildman–Crippen MR) is 99.2 cm³/mol. The zero-order chi connectivity index (χ0) is 20.4. The molecule has 4 atom stereocenters. The summed E-state index contributed by atoms with van der Waals surface area (Å²) in [5.41, 5.74) is -0.539. The van der Waals surface area contributed by atoms with Crippen molar-refractivity contribution in [1.82, 2.24) is 9.61 Å². The molecular weight excluding hydrogens is 360 g/mol. The van der Waals surface area contributed by atoms with E-state index in [0.29, 0.717) is 16.9 Å². The highest BCUT2D eigenvalue weighted by Crippen LogP contribution is 2.48. The molecular formula is C20H22N4O4. The second-order valence-corrected chi connectivity index (χ2v) is 8.36. The van der Waals surface area contributed by atoms with E-state index in [0.717, 1.165) is 0 Å². The van der Waals surface area contributed by atoms with E-state index in [1.54, 1.807) is 39.8 Å². The maximum absolute atomic E-state index is 13.4. The highest BCUT2D eigenvalue weighted by atomic mass is 16.5. The Kier molecular flexibility index (Phi) is 3.90. The first-order valence-electron chi connectivity index (χ1n) is 9.23. The van der Waals surface area contributed by atoms with E-state index in [4.69, 9.17) is 4.74 Å². The summed E-state index contributed by atoms with van der Waals surface area (Å²) in [6.45, 7) is 7.06. The highest BCUT2D eigenvalue weighted by Gasteiger charge is 2.60. The molecule has 2 saturated heterocycles. The van der Waals surface area contributed by atoms with Crippen molar-refractivity contribution in [1.29, 1.82) is 5.26 Å². The number of fused-ring (bicyclic) bond motifs is 1. The molecule has 0 spiro atoms. The average molecular weight is 382 g/mol. The molecule has 146 valence electrons. The Bertz CT molecular complexity index is 1040. The average Bonchev–Trinajstić information content (AvgIpc) is 3.24. The van der Waals surface area contributed by atoms with E-state index in [1.165, 1.54) is 21.7 Å². The van der Waals surface area contributed by atoms with Gasteiger partial charge in [0.2, 0.25) is 11.8 Å². The molecule has 2 fully saturated rings. The lowest BCUT2D eigenvalue weighted by Gasteiger charge is -2.33. The zero-order valence-corrected chi connectivity index (χ0v) is 16.2. The van der Waals surface area contributed by atoms with Crippen molar-refractivity contribution in [2.24, 2.45) is 11.8 Å². The summed E-state index contributed by atoms with van der Waals surface area (Å²) in [4.78, 5) is 27.7. The van der Waals surface area contributed by atoms with Crippen LogP contribution >= 0.6 is 0 Å². The van der Waals surface area contributed by atoms with Gasteiger partial charge in [-0.1, -0.05) is 6.92 Å². The SMILES string of the molecule is CC1C(=O)N(c2ccc(C#N)n3nccc23)C(=O)C1C1(C)CC(O)C(C)(C)O1. The summed E-state index contributed by atoms with van der Waals surface area (Å²) < 4.78 is 7.52. The number of rotatable bonds is 2. The van der Waals surface area contributed by atoms with Gasteiger partial charge < -0.3 is 9.84 Å². The number of aliphatic hydroxyl groups is 1. The van der Waals surface area contributed by atoms with Crippen LogP contribution in [-0.4, -0.2) is 43.8 Å². The fourth-order valence-corrected chi connectivity index (χ4v) is 4.64. The molecule has 2 amide bonds. The van der Waals surface area contributed by atoms with Crippen molar-refractivity contribution in [3.05, 3.63) is 30.1 Å². The summed E-state index contributed by atoms with van der Waals surface area (Å²) in [6.07, 6.45) is 1.07. The summed E-state index contributed by atoms with van der Waals surface area (Å²) in [6, 6.07) is 6.84. The fraction of sp³-hybridized carbons (Fsp3) is 0.500. The third-order valence-electron chi connectivity index (χ3n) is 6.04. The Morgan fingerprint density at radius 1 is 1.25 bits per heavy atom. The number of carbonyl (C=O) groups is 2. The monoisotopic (exact) mass is 382 g/mol. The lowest BCUT2D eigenvalue weighted by atomic mass is 9.79. The minimum Gasteiger partial charge on any atom is -0.390 e. The smallest absolute Gasteiger partial charge is 0.240 e. The minimum absolute atomic E-state index is 0.275. The van der Waals surface area contributed by atoms with Gasteiger partial charge in [0.1, 0.15) is 11.8 Å². The molecule has 4 unspecified atom stereocenters. The van der Waals surface area contributed by atoms with Gasteiger partial charge in [-0.05, 0) is 39.0 Å². The first-order chi connectivity index (χ1) is 13.1. The van der Waals surface area contributed by atoms with Gasteiger partial charge in [0.05, 0.1) is 46.5 Å². The van der Waals surface area contributed by atoms with Crippen LogP contribution < -0.4 is 4.90 Å². The quantitative estimate of drug-likeness (QED) is 0.791. The highest BCUT2D eigenvalue weighted by molar-refractivity contribution is 6.23. The maximum atomic E-state index is 13.4. The standard InChI is InChI=1S/C20H22N4O4/c1-11-16(20(4)9-15(25)19(2,3)28-20)18(27)23(17(11)26)13-6-5-12(10-21)24-14(13)7-8-22-24/h5-8,11,15-16,25H,9H2,1-4H3. The van der Waals surface area contributed by atoms with Gasteiger partial charge in [-0.3, -0.25) is 9.59 Å². The minimum atomic E-state index is -0.951. The summed E-state index contributed by atoms with van der Waals surface area (Å²) >= 11 is 0. The fourth-order valence-electron chi connectivity index (χ4n) is 4.64. The summed E-state index contributed by atoms with van der Waals surface area (Å²) in [7, 11) is 0. The van der Waals surface area contributed by atoms with Crippen molar-refractivity contribution >= 4 is 23.0 Å². The molecule has 0 saturated carbocycles. The lowest BCUT2D eigenvalue weighted by molar-refractivity contribution is -0.147. The molecule has 8 heteroatoms. The van der Waals surface area contributed by atoms with Crippen molar-refractivity contribution < 1.29 is 19.4 Å². The number of pyridine rings is 1. The van der Waals surface area contributed by atoms with Crippen molar-refractivity contribution in [2.45, 2.75) is 51.4 Å². The number of amides is 2. The molecule has 8 nitrogen and oxygen atoms in total. The molecule has 0 aromatic carbocycles. The topological polar surface area (TPSA) is 108 Å². The number of anilines is 1. The van der Waals surface area contributed by atoms with Crippen LogP contribution in [0.15, 0.2) is 24.4 Å². The molecule has 0 bridgehead atoms. The van der Waals surface area contributed by atoms with E-state index < -0.39 is 29.1 Å². The van der Waals surface area contributed by atoms with Crippen LogP contribution in [0.4, 0.5) is 5.69 Å². The van der Waals surface area contributed by atoms with Gasteiger partial charge in [0.25, 0.3) is 0 Å². The van der Waals surface area contributed by atoms with Crippen molar-refractivity contribution in [2.75, 3.05) is 4.90 Å². The van der Waals surface area contributed by atoms with E-state index in [2.05, 4.69) is 5.10 Å². The normalized spacial score (nSPS) is 32.3. The van der Waals surface area contributed by atoms with Gasteiger partial charge in [-0.25, -0.2) is 9.42 Å². The molecule has 4 rings (SSSR count). The largest absolute Gasteiger partial charge is 0.390 e. The van der Waals surface area contributed by atoms with Gasteiger partial charge in [0.15, 0.2) is 0 Å². The first-order valence-corrected chi connectivity index (χ1v) is 9.23. The van der Waals surface area contributed by atoms with E-state index in [9.17, 15) is 20.0 Å². The van der Waals surface area contributed by atoms with E-state index in [-0.39, 0.29) is 18.2 Å². The number of hydrogen-bond acceptors (Lipinski definition) is 6. The number of aromatic nitrogens is 2. The van der Waals surface area contributed by atoms with Crippen LogP contribution in [-0.2, 0) is 14.3 Å². The van der Waals surface area contributed by atoms with Crippen molar-refractivity contribution in [3.8, 4) is 6.07 Å². The number of nitriles is 1. The number of nitrogens with zero attached hydrogens (tertiary/aromatic N) is 4. The molecule has 28 heavy (non-hydrogen) atoms. The number of imide groups is 1. The molecule has 2 aromatic heterocycles.